The highest BCUT2D eigenvalue weighted by Gasteiger charge is 2.47. The van der Waals surface area contributed by atoms with Crippen molar-refractivity contribution in [1.29, 1.82) is 0 Å². The zero-order valence-corrected chi connectivity index (χ0v) is 10.5. The molecule has 0 fully saturated rings. The van der Waals surface area contributed by atoms with Crippen molar-refractivity contribution < 1.29 is 0 Å². The van der Waals surface area contributed by atoms with Gasteiger partial charge in [-0.1, -0.05) is 23.8 Å². The summed E-state index contributed by atoms with van der Waals surface area (Å²) in [4.78, 5) is 6.75. The number of fused-ring (bicyclic) bond motifs is 2. The number of likely N-dealkylation sites (N-methyl/N-ethyl adjacent to an activating group) is 1. The number of hydrogen-bond donors (Lipinski definition) is 1. The molecule has 1 aromatic carbocycles. The van der Waals surface area contributed by atoms with E-state index in [9.17, 15) is 0 Å². The van der Waals surface area contributed by atoms with Crippen LogP contribution in [0.25, 0.3) is 0 Å². The van der Waals surface area contributed by atoms with Gasteiger partial charge in [-0.2, -0.15) is 0 Å². The maximum Gasteiger partial charge on any atom is 0.192 e. The maximum atomic E-state index is 6.02. The quantitative estimate of drug-likeness (QED) is 0.797. The molecule has 1 spiro atoms. The van der Waals surface area contributed by atoms with Crippen LogP contribution in [0.15, 0.2) is 23.2 Å². The summed E-state index contributed by atoms with van der Waals surface area (Å²) < 4.78 is 0. The number of aryl methyl sites for hydroxylation is 2. The Bertz CT molecular complexity index is 492. The average molecular weight is 229 g/mol. The molecular weight excluding hydrogens is 210 g/mol. The molecule has 1 unspecified atom stereocenters. The van der Waals surface area contributed by atoms with Gasteiger partial charge in [0.25, 0.3) is 0 Å². The number of nitrogens with two attached hydrogens (primary N) is 1. The minimum absolute atomic E-state index is 0.0557. The van der Waals surface area contributed by atoms with E-state index in [-0.39, 0.29) is 5.54 Å². The van der Waals surface area contributed by atoms with Crippen LogP contribution in [0, 0.1) is 6.92 Å². The normalized spacial score (nSPS) is 26.5. The van der Waals surface area contributed by atoms with E-state index in [1.807, 2.05) is 0 Å². The van der Waals surface area contributed by atoms with Crippen LogP contribution in [0.1, 0.15) is 30.0 Å². The molecular formula is C14H19N3. The first-order valence-electron chi connectivity index (χ1n) is 6.35. The van der Waals surface area contributed by atoms with Gasteiger partial charge in [-0.25, -0.2) is 0 Å². The van der Waals surface area contributed by atoms with Crippen LogP contribution in [0.5, 0.6) is 0 Å². The second-order valence-corrected chi connectivity index (χ2v) is 5.11. The van der Waals surface area contributed by atoms with Crippen LogP contribution in [-0.2, 0) is 12.0 Å². The fourth-order valence-electron chi connectivity index (χ4n) is 3.33. The summed E-state index contributed by atoms with van der Waals surface area (Å²) in [6.07, 6.45) is 2.29. The van der Waals surface area contributed by atoms with Gasteiger partial charge in [0.2, 0.25) is 0 Å². The lowest BCUT2D eigenvalue weighted by Gasteiger charge is -2.36. The smallest absolute Gasteiger partial charge is 0.192 e. The summed E-state index contributed by atoms with van der Waals surface area (Å²) in [6.45, 7) is 6.07. The highest BCUT2D eigenvalue weighted by molar-refractivity contribution is 5.81. The first kappa shape index (κ1) is 10.6. The first-order valence-corrected chi connectivity index (χ1v) is 6.35. The monoisotopic (exact) mass is 229 g/mol. The molecule has 1 aliphatic heterocycles. The van der Waals surface area contributed by atoms with Crippen molar-refractivity contribution in [2.45, 2.75) is 32.2 Å². The Morgan fingerprint density at radius 1 is 1.47 bits per heavy atom. The molecule has 1 aliphatic carbocycles. The van der Waals surface area contributed by atoms with E-state index in [0.717, 1.165) is 25.9 Å². The summed E-state index contributed by atoms with van der Waals surface area (Å²) in [7, 11) is 0. The Kier molecular flexibility index (Phi) is 2.18. The summed E-state index contributed by atoms with van der Waals surface area (Å²) in [5.41, 5.74) is 10.3. The Hall–Kier alpha value is -1.51. The first-order chi connectivity index (χ1) is 8.17. The van der Waals surface area contributed by atoms with E-state index >= 15 is 0 Å². The molecule has 1 heterocycles. The van der Waals surface area contributed by atoms with Crippen molar-refractivity contribution in [3.63, 3.8) is 0 Å². The topological polar surface area (TPSA) is 41.6 Å². The molecule has 0 saturated carbocycles. The van der Waals surface area contributed by atoms with E-state index in [1.165, 1.54) is 16.7 Å². The lowest BCUT2D eigenvalue weighted by Crippen LogP contribution is -2.47. The van der Waals surface area contributed by atoms with Crippen LogP contribution in [-0.4, -0.2) is 23.9 Å². The fraction of sp³-hybridized carbons (Fsp3) is 0.500. The lowest BCUT2D eigenvalue weighted by molar-refractivity contribution is 0.210. The van der Waals surface area contributed by atoms with Crippen molar-refractivity contribution in [3.8, 4) is 0 Å². The summed E-state index contributed by atoms with van der Waals surface area (Å²) in [5, 5.41) is 0. The highest BCUT2D eigenvalue weighted by Crippen LogP contribution is 2.44. The average Bonchev–Trinajstić information content (AvgIpc) is 2.83. The molecule has 1 atom stereocenters. The summed E-state index contributed by atoms with van der Waals surface area (Å²) in [5.74, 6) is 0.710. The largest absolute Gasteiger partial charge is 0.370 e. The van der Waals surface area contributed by atoms with Gasteiger partial charge < -0.3 is 10.6 Å². The molecule has 3 heteroatoms. The number of benzene rings is 1. The van der Waals surface area contributed by atoms with Crippen LogP contribution < -0.4 is 5.73 Å². The predicted octanol–water partition coefficient (Wildman–Crippen LogP) is 1.79. The van der Waals surface area contributed by atoms with E-state index in [0.29, 0.717) is 5.96 Å². The van der Waals surface area contributed by atoms with Crippen LogP contribution in [0.3, 0.4) is 0 Å². The Balaban J connectivity index is 2.11. The third-order valence-electron chi connectivity index (χ3n) is 4.19. The molecule has 0 aromatic heterocycles. The van der Waals surface area contributed by atoms with Crippen LogP contribution in [0.4, 0.5) is 0 Å². The highest BCUT2D eigenvalue weighted by atomic mass is 15.4. The van der Waals surface area contributed by atoms with Crippen molar-refractivity contribution >= 4 is 5.96 Å². The van der Waals surface area contributed by atoms with Crippen molar-refractivity contribution in [2.75, 3.05) is 13.1 Å². The second kappa shape index (κ2) is 3.49. The van der Waals surface area contributed by atoms with Gasteiger partial charge in [-0.15, -0.1) is 0 Å². The van der Waals surface area contributed by atoms with Gasteiger partial charge >= 0.3 is 0 Å². The SMILES string of the molecule is CCN1C(N)=NCC12CCc1ccc(C)cc12. The van der Waals surface area contributed by atoms with E-state index in [1.54, 1.807) is 0 Å². The molecule has 17 heavy (non-hydrogen) atoms. The number of hydrogen-bond acceptors (Lipinski definition) is 3. The molecule has 1 aromatic rings. The lowest BCUT2D eigenvalue weighted by atomic mass is 9.90. The predicted molar refractivity (Wildman–Crippen MR) is 70.0 cm³/mol. The number of nitrogens with zero attached hydrogens (tertiary/aromatic N) is 2. The second-order valence-electron chi connectivity index (χ2n) is 5.11. The molecule has 3 nitrogen and oxygen atoms in total. The van der Waals surface area contributed by atoms with Crippen molar-refractivity contribution in [1.82, 2.24) is 4.90 Å². The Labute approximate surface area is 102 Å². The minimum Gasteiger partial charge on any atom is -0.370 e. The van der Waals surface area contributed by atoms with Gasteiger partial charge in [0.1, 0.15) is 0 Å². The zero-order chi connectivity index (χ0) is 12.0. The molecule has 0 saturated heterocycles. The standard InChI is InChI=1S/C14H19N3/c1-3-17-13(15)16-9-14(17)7-6-11-5-4-10(2)8-12(11)14/h4-5,8H,3,6-7,9H2,1-2H3,(H2,15,16). The molecule has 0 radical (unpaired) electrons. The van der Waals surface area contributed by atoms with Crippen molar-refractivity contribution in [3.05, 3.63) is 34.9 Å². The van der Waals surface area contributed by atoms with Gasteiger partial charge in [0.15, 0.2) is 5.96 Å². The van der Waals surface area contributed by atoms with E-state index in [2.05, 4.69) is 41.9 Å². The van der Waals surface area contributed by atoms with Gasteiger partial charge in [0.05, 0.1) is 12.1 Å². The van der Waals surface area contributed by atoms with E-state index < -0.39 is 0 Å². The van der Waals surface area contributed by atoms with Crippen LogP contribution in [0.2, 0.25) is 0 Å². The molecule has 3 rings (SSSR count). The van der Waals surface area contributed by atoms with Crippen molar-refractivity contribution in [2.24, 2.45) is 10.7 Å². The Morgan fingerprint density at radius 2 is 2.29 bits per heavy atom. The van der Waals surface area contributed by atoms with Gasteiger partial charge in [-0.05, 0) is 37.8 Å². The summed E-state index contributed by atoms with van der Waals surface area (Å²) in [6, 6.07) is 6.79. The summed E-state index contributed by atoms with van der Waals surface area (Å²) >= 11 is 0. The third-order valence-corrected chi connectivity index (χ3v) is 4.19. The van der Waals surface area contributed by atoms with Gasteiger partial charge in [0, 0.05) is 6.54 Å². The minimum atomic E-state index is 0.0557. The van der Waals surface area contributed by atoms with E-state index in [4.69, 9.17) is 5.73 Å². The number of guanidine groups is 1. The number of rotatable bonds is 1. The Morgan fingerprint density at radius 3 is 3.06 bits per heavy atom. The maximum absolute atomic E-state index is 6.02. The zero-order valence-electron chi connectivity index (χ0n) is 10.5. The third kappa shape index (κ3) is 1.31. The molecule has 2 aliphatic rings. The molecule has 90 valence electrons. The fourth-order valence-corrected chi connectivity index (χ4v) is 3.33. The van der Waals surface area contributed by atoms with Gasteiger partial charge in [-0.3, -0.25) is 4.99 Å². The van der Waals surface area contributed by atoms with Crippen LogP contribution >= 0.6 is 0 Å². The molecule has 0 bridgehead atoms. The molecule has 0 amide bonds. The molecule has 2 N–H and O–H groups in total. The number of aliphatic imine (C=N–C) groups is 1.